The molecule has 1 fully saturated rings. The zero-order valence-corrected chi connectivity index (χ0v) is 15.4. The van der Waals surface area contributed by atoms with E-state index in [2.05, 4.69) is 12.2 Å². The molecule has 0 atom stereocenters. The average molecular weight is 352 g/mol. The van der Waals surface area contributed by atoms with Gasteiger partial charge in [0.25, 0.3) is 5.91 Å². The Morgan fingerprint density at radius 2 is 2.04 bits per heavy atom. The molecule has 1 saturated carbocycles. The summed E-state index contributed by atoms with van der Waals surface area (Å²) in [7, 11) is 0. The Bertz CT molecular complexity index is 493. The molecule has 0 aliphatic heterocycles. The van der Waals surface area contributed by atoms with Gasteiger partial charge >= 0.3 is 5.97 Å². The SMILES string of the molecule is CCCCC1CCC(C(=O)OCCCNC(=O)c2cccs2)CC1. The standard InChI is InChI=1S/C19H29NO3S/c1-2-3-6-15-8-10-16(11-9-15)19(22)23-13-5-12-20-18(21)17-7-4-14-24-17/h4,7,14-16H,2-3,5-6,8-13H2,1H3,(H,20,21). The highest BCUT2D eigenvalue weighted by Crippen LogP contribution is 2.32. The Balaban J connectivity index is 1.53. The van der Waals surface area contributed by atoms with Crippen LogP contribution in [-0.2, 0) is 9.53 Å². The number of unbranched alkanes of at least 4 members (excludes halogenated alkanes) is 1. The van der Waals surface area contributed by atoms with Crippen LogP contribution in [-0.4, -0.2) is 25.0 Å². The van der Waals surface area contributed by atoms with Crippen LogP contribution in [0.15, 0.2) is 17.5 Å². The summed E-state index contributed by atoms with van der Waals surface area (Å²) < 4.78 is 5.38. The number of carbonyl (C=O) groups excluding carboxylic acids is 2. The molecule has 24 heavy (non-hydrogen) atoms. The molecule has 1 aromatic heterocycles. The number of thiophene rings is 1. The van der Waals surface area contributed by atoms with Crippen molar-refractivity contribution in [2.75, 3.05) is 13.2 Å². The molecule has 0 spiro atoms. The van der Waals surface area contributed by atoms with Crippen LogP contribution in [0.1, 0.15) is 68.0 Å². The summed E-state index contributed by atoms with van der Waals surface area (Å²) in [6.07, 6.45) is 8.80. The lowest BCUT2D eigenvalue weighted by Crippen LogP contribution is -2.26. The van der Waals surface area contributed by atoms with Gasteiger partial charge in [0.2, 0.25) is 0 Å². The van der Waals surface area contributed by atoms with E-state index in [-0.39, 0.29) is 17.8 Å². The van der Waals surface area contributed by atoms with Crippen molar-refractivity contribution >= 4 is 23.2 Å². The Morgan fingerprint density at radius 1 is 1.25 bits per heavy atom. The summed E-state index contributed by atoms with van der Waals surface area (Å²) in [4.78, 5) is 24.6. The summed E-state index contributed by atoms with van der Waals surface area (Å²) >= 11 is 1.43. The molecule has 1 N–H and O–H groups in total. The van der Waals surface area contributed by atoms with Gasteiger partial charge in [0, 0.05) is 6.54 Å². The minimum atomic E-state index is -0.0540. The largest absolute Gasteiger partial charge is 0.465 e. The number of ether oxygens (including phenoxy) is 1. The Morgan fingerprint density at radius 3 is 2.71 bits per heavy atom. The summed E-state index contributed by atoms with van der Waals surface area (Å²) in [6.45, 7) is 3.15. The second kappa shape index (κ2) is 10.5. The monoisotopic (exact) mass is 351 g/mol. The molecule has 0 unspecified atom stereocenters. The first-order valence-electron chi connectivity index (χ1n) is 9.19. The Kier molecular flexibility index (Phi) is 8.29. The van der Waals surface area contributed by atoms with Gasteiger partial charge in [0.15, 0.2) is 0 Å². The van der Waals surface area contributed by atoms with Crippen molar-refractivity contribution in [3.05, 3.63) is 22.4 Å². The molecule has 1 aliphatic rings. The summed E-state index contributed by atoms with van der Waals surface area (Å²) in [5, 5.41) is 4.73. The van der Waals surface area contributed by atoms with Gasteiger partial charge in [-0.15, -0.1) is 11.3 Å². The number of amides is 1. The van der Waals surface area contributed by atoms with Crippen LogP contribution in [0.5, 0.6) is 0 Å². The molecule has 134 valence electrons. The van der Waals surface area contributed by atoms with Crippen LogP contribution in [0.25, 0.3) is 0 Å². The minimum Gasteiger partial charge on any atom is -0.465 e. The first-order chi connectivity index (χ1) is 11.7. The third kappa shape index (κ3) is 6.27. The van der Waals surface area contributed by atoms with Crippen molar-refractivity contribution < 1.29 is 14.3 Å². The van der Waals surface area contributed by atoms with Gasteiger partial charge in [-0.1, -0.05) is 32.3 Å². The second-order valence-electron chi connectivity index (χ2n) is 6.61. The molecule has 0 saturated heterocycles. The summed E-state index contributed by atoms with van der Waals surface area (Å²) in [6, 6.07) is 3.66. The van der Waals surface area contributed by atoms with E-state index in [0.29, 0.717) is 24.4 Å². The van der Waals surface area contributed by atoms with Crippen molar-refractivity contribution in [3.8, 4) is 0 Å². The number of nitrogens with one attached hydrogen (secondary N) is 1. The van der Waals surface area contributed by atoms with Crippen molar-refractivity contribution in [3.63, 3.8) is 0 Å². The topological polar surface area (TPSA) is 55.4 Å². The first-order valence-corrected chi connectivity index (χ1v) is 10.1. The molecular weight excluding hydrogens is 322 g/mol. The van der Waals surface area contributed by atoms with Gasteiger partial charge in [0.1, 0.15) is 0 Å². The first kappa shape index (κ1) is 19.0. The highest BCUT2D eigenvalue weighted by molar-refractivity contribution is 7.12. The van der Waals surface area contributed by atoms with E-state index in [9.17, 15) is 9.59 Å². The smallest absolute Gasteiger partial charge is 0.308 e. The number of hydrogen-bond donors (Lipinski definition) is 1. The van der Waals surface area contributed by atoms with Crippen LogP contribution in [0.2, 0.25) is 0 Å². The highest BCUT2D eigenvalue weighted by Gasteiger charge is 2.26. The molecule has 0 radical (unpaired) electrons. The third-order valence-corrected chi connectivity index (χ3v) is 5.61. The second-order valence-corrected chi connectivity index (χ2v) is 7.56. The van der Waals surface area contributed by atoms with Gasteiger partial charge in [-0.25, -0.2) is 0 Å². The van der Waals surface area contributed by atoms with Crippen molar-refractivity contribution in [2.24, 2.45) is 11.8 Å². The third-order valence-electron chi connectivity index (χ3n) is 4.74. The van der Waals surface area contributed by atoms with Crippen molar-refractivity contribution in [2.45, 2.75) is 58.3 Å². The van der Waals surface area contributed by atoms with Gasteiger partial charge in [-0.05, 0) is 49.5 Å². The lowest BCUT2D eigenvalue weighted by molar-refractivity contribution is -0.150. The molecule has 1 aliphatic carbocycles. The fourth-order valence-electron chi connectivity index (χ4n) is 3.24. The molecule has 5 heteroatoms. The number of rotatable bonds is 9. The molecule has 2 rings (SSSR count). The van der Waals surface area contributed by atoms with Crippen molar-refractivity contribution in [1.82, 2.24) is 5.32 Å². The normalized spacial score (nSPS) is 20.5. The van der Waals surface area contributed by atoms with Gasteiger partial charge < -0.3 is 10.1 Å². The maximum atomic E-state index is 12.1. The van der Waals surface area contributed by atoms with E-state index < -0.39 is 0 Å². The fourth-order valence-corrected chi connectivity index (χ4v) is 3.88. The van der Waals surface area contributed by atoms with E-state index >= 15 is 0 Å². The molecule has 1 heterocycles. The maximum Gasteiger partial charge on any atom is 0.308 e. The van der Waals surface area contributed by atoms with Gasteiger partial charge in [-0.2, -0.15) is 0 Å². The fraction of sp³-hybridized carbons (Fsp3) is 0.684. The average Bonchev–Trinajstić information content (AvgIpc) is 3.14. The molecular formula is C19H29NO3S. The van der Waals surface area contributed by atoms with Crippen LogP contribution in [0, 0.1) is 11.8 Å². The van der Waals surface area contributed by atoms with E-state index in [1.165, 1.54) is 30.6 Å². The lowest BCUT2D eigenvalue weighted by Gasteiger charge is -2.27. The van der Waals surface area contributed by atoms with E-state index in [4.69, 9.17) is 4.74 Å². The van der Waals surface area contributed by atoms with Crippen LogP contribution in [0.4, 0.5) is 0 Å². The van der Waals surface area contributed by atoms with Gasteiger partial charge in [0.05, 0.1) is 17.4 Å². The predicted octanol–water partition coefficient (Wildman–Crippen LogP) is 4.41. The maximum absolute atomic E-state index is 12.1. The van der Waals surface area contributed by atoms with Crippen molar-refractivity contribution in [1.29, 1.82) is 0 Å². The number of hydrogen-bond acceptors (Lipinski definition) is 4. The van der Waals surface area contributed by atoms with Crippen LogP contribution in [0.3, 0.4) is 0 Å². The molecule has 1 aromatic rings. The quantitative estimate of drug-likeness (QED) is 0.530. The summed E-state index contributed by atoms with van der Waals surface area (Å²) in [5.41, 5.74) is 0. The zero-order valence-electron chi connectivity index (χ0n) is 14.6. The highest BCUT2D eigenvalue weighted by atomic mass is 32.1. The zero-order chi connectivity index (χ0) is 17.2. The molecule has 0 aromatic carbocycles. The van der Waals surface area contributed by atoms with E-state index in [1.54, 1.807) is 6.07 Å². The van der Waals surface area contributed by atoms with E-state index in [0.717, 1.165) is 31.6 Å². The molecule has 1 amide bonds. The minimum absolute atomic E-state index is 0.0477. The number of esters is 1. The number of carbonyl (C=O) groups is 2. The predicted molar refractivity (Wildman–Crippen MR) is 97.2 cm³/mol. The van der Waals surface area contributed by atoms with E-state index in [1.807, 2.05) is 11.4 Å². The van der Waals surface area contributed by atoms with Crippen LogP contribution >= 0.6 is 11.3 Å². The Labute approximate surface area is 149 Å². The molecule has 0 bridgehead atoms. The van der Waals surface area contributed by atoms with Gasteiger partial charge in [-0.3, -0.25) is 9.59 Å². The summed E-state index contributed by atoms with van der Waals surface area (Å²) in [5.74, 6) is 0.792. The lowest BCUT2D eigenvalue weighted by atomic mass is 9.80. The van der Waals surface area contributed by atoms with Crippen LogP contribution < -0.4 is 5.32 Å². The molecule has 4 nitrogen and oxygen atoms in total. The Hall–Kier alpha value is -1.36.